The van der Waals surface area contributed by atoms with Gasteiger partial charge in [-0.15, -0.1) is 0 Å². The molecular formula is C25H30Li2N4O2. The van der Waals surface area contributed by atoms with Crippen LogP contribution in [0.4, 0.5) is 5.82 Å². The second-order valence-corrected chi connectivity index (χ2v) is 7.06. The van der Waals surface area contributed by atoms with E-state index in [0.717, 1.165) is 32.0 Å². The topological polar surface area (TPSA) is 71.9 Å². The van der Waals surface area contributed by atoms with Crippen LogP contribution < -0.4 is 48.2 Å². The zero-order valence-corrected chi connectivity index (χ0v) is 19.8. The Morgan fingerprint density at radius 3 is 1.85 bits per heavy atom. The summed E-state index contributed by atoms with van der Waals surface area (Å²) in [6.07, 6.45) is 8.21. The van der Waals surface area contributed by atoms with Gasteiger partial charge in [0, 0.05) is 26.4 Å². The van der Waals surface area contributed by atoms with Crippen molar-refractivity contribution in [2.45, 2.75) is 31.8 Å². The maximum atomic E-state index is 4.94. The summed E-state index contributed by atoms with van der Waals surface area (Å²) in [5, 5.41) is 4.61. The van der Waals surface area contributed by atoms with Gasteiger partial charge < -0.3 is 29.8 Å². The van der Waals surface area contributed by atoms with Crippen molar-refractivity contribution in [1.82, 2.24) is 9.97 Å². The summed E-state index contributed by atoms with van der Waals surface area (Å²) in [5.74, 6) is 0.658. The van der Waals surface area contributed by atoms with E-state index < -0.39 is 0 Å². The maximum Gasteiger partial charge on any atom is 1.00 e. The van der Waals surface area contributed by atoms with E-state index in [-0.39, 0.29) is 43.9 Å². The molecule has 0 N–H and O–H groups in total. The smallest absolute Gasteiger partial charge is 0.458 e. The molecule has 6 nitrogen and oxygen atoms in total. The van der Waals surface area contributed by atoms with E-state index >= 15 is 0 Å². The van der Waals surface area contributed by atoms with Crippen LogP contribution in [0.15, 0.2) is 84.1 Å². The molecule has 1 aromatic carbocycles. The van der Waals surface area contributed by atoms with Crippen LogP contribution in [-0.2, 0) is 9.47 Å². The van der Waals surface area contributed by atoms with E-state index in [0.29, 0.717) is 11.3 Å². The maximum absolute atomic E-state index is 4.94. The van der Waals surface area contributed by atoms with Gasteiger partial charge in [-0.1, -0.05) is 90.4 Å². The molecule has 33 heavy (non-hydrogen) atoms. The quantitative estimate of drug-likeness (QED) is 0.493. The second kappa shape index (κ2) is 18.6. The largest absolute Gasteiger partial charge is 1.00 e. The Hall–Kier alpha value is -1.77. The van der Waals surface area contributed by atoms with Crippen molar-refractivity contribution in [2.24, 2.45) is 4.99 Å². The molecule has 2 aromatic heterocycles. The Kier molecular flexibility index (Phi) is 16.5. The van der Waals surface area contributed by atoms with Crippen LogP contribution in [0.2, 0.25) is 0 Å². The normalized spacial score (nSPS) is 15.5. The molecule has 2 fully saturated rings. The summed E-state index contributed by atoms with van der Waals surface area (Å²) in [4.78, 5) is 13.1. The first kappa shape index (κ1) is 29.3. The van der Waals surface area contributed by atoms with Crippen molar-refractivity contribution in [3.8, 4) is 0 Å². The molecule has 2 saturated heterocycles. The summed E-state index contributed by atoms with van der Waals surface area (Å²) in [6, 6.07) is 21.2. The van der Waals surface area contributed by atoms with Crippen molar-refractivity contribution in [3.63, 3.8) is 0 Å². The van der Waals surface area contributed by atoms with E-state index in [2.05, 4.69) is 20.3 Å². The van der Waals surface area contributed by atoms with E-state index in [4.69, 9.17) is 9.47 Å². The number of nitrogens with zero attached hydrogens (tertiary/aromatic N) is 4. The van der Waals surface area contributed by atoms with E-state index in [9.17, 15) is 0 Å². The molecule has 2 aliphatic heterocycles. The van der Waals surface area contributed by atoms with Gasteiger partial charge in [0.05, 0.1) is 0 Å². The van der Waals surface area contributed by atoms with Crippen LogP contribution in [0.5, 0.6) is 0 Å². The van der Waals surface area contributed by atoms with Crippen molar-refractivity contribution in [1.29, 1.82) is 0 Å². The molecule has 0 bridgehead atoms. The number of hydrogen-bond acceptors (Lipinski definition) is 4. The molecule has 0 unspecified atom stereocenters. The average molecular weight is 432 g/mol. The minimum Gasteiger partial charge on any atom is -0.458 e. The number of benzene rings is 1. The Labute approximate surface area is 221 Å². The van der Waals surface area contributed by atoms with Gasteiger partial charge in [-0.25, -0.2) is 0 Å². The van der Waals surface area contributed by atoms with Gasteiger partial charge in [0.15, 0.2) is 0 Å². The molecule has 0 aliphatic carbocycles. The van der Waals surface area contributed by atoms with E-state index in [1.54, 1.807) is 12.4 Å². The van der Waals surface area contributed by atoms with Gasteiger partial charge in [0.1, 0.15) is 0 Å². The number of ether oxygens (including phenoxy) is 2. The fourth-order valence-corrected chi connectivity index (χ4v) is 2.93. The molecule has 4 heterocycles. The third-order valence-corrected chi connectivity index (χ3v) is 4.56. The van der Waals surface area contributed by atoms with Crippen LogP contribution in [-0.4, -0.2) is 31.4 Å². The number of aromatic nitrogens is 2. The van der Waals surface area contributed by atoms with Crippen LogP contribution in [0.25, 0.3) is 5.32 Å². The Bertz CT molecular complexity index is 860. The molecule has 5 rings (SSSR count). The summed E-state index contributed by atoms with van der Waals surface area (Å²) >= 11 is 0. The Morgan fingerprint density at radius 1 is 0.758 bits per heavy atom. The monoisotopic (exact) mass is 432 g/mol. The first-order valence-electron chi connectivity index (χ1n) is 10.9. The van der Waals surface area contributed by atoms with Crippen LogP contribution in [0.3, 0.4) is 0 Å². The first-order valence-corrected chi connectivity index (χ1v) is 10.9. The van der Waals surface area contributed by atoms with Crippen molar-refractivity contribution >= 4 is 5.82 Å². The molecule has 0 radical (unpaired) electrons. The average Bonchev–Trinajstić information content (AvgIpc) is 3.60. The predicted molar refractivity (Wildman–Crippen MR) is 122 cm³/mol. The Balaban J connectivity index is 0.000000375. The molecule has 8 heteroatoms. The first-order chi connectivity index (χ1) is 15.4. The van der Waals surface area contributed by atoms with Crippen LogP contribution in [0.1, 0.15) is 37.4 Å². The van der Waals surface area contributed by atoms with Gasteiger partial charge in [-0.3, -0.25) is 0 Å². The minimum absolute atomic E-state index is 0. The van der Waals surface area contributed by atoms with Crippen molar-refractivity contribution < 1.29 is 47.2 Å². The summed E-state index contributed by atoms with van der Waals surface area (Å²) < 4.78 is 9.89. The van der Waals surface area contributed by atoms with Gasteiger partial charge in [-0.05, 0) is 37.4 Å². The van der Waals surface area contributed by atoms with Gasteiger partial charge in [-0.2, -0.15) is 0 Å². The van der Waals surface area contributed by atoms with Gasteiger partial charge in [0.25, 0.3) is 0 Å². The molecule has 164 valence electrons. The third kappa shape index (κ3) is 12.3. The molecule has 3 aromatic rings. The molecule has 0 saturated carbocycles. The third-order valence-electron chi connectivity index (χ3n) is 4.56. The van der Waals surface area contributed by atoms with Crippen LogP contribution >= 0.6 is 0 Å². The number of pyridine rings is 2. The second-order valence-electron chi connectivity index (χ2n) is 7.06. The van der Waals surface area contributed by atoms with Crippen LogP contribution in [0, 0.1) is 0 Å². The standard InChI is InChI=1S/C17H14N4.2C4H8O.2Li/c1-2-8-14(9-3-1)17(20-15-10-4-6-12-18-15)21-16-11-5-7-13-19-16;2*1-2-4-5-3-1;;/h1-13,17H;2*1-4H2;;/q-2;;;2*+1. The fraction of sp³-hybridized carbons (Fsp3) is 0.360. The molecule has 0 spiro atoms. The molecular weight excluding hydrogens is 402 g/mol. The summed E-state index contributed by atoms with van der Waals surface area (Å²) in [5.41, 5.74) is 1.67. The van der Waals surface area contributed by atoms with Crippen molar-refractivity contribution in [2.75, 3.05) is 26.4 Å². The number of hydrogen-bond donors (Lipinski definition) is 0. The minimum atomic E-state index is -0.351. The molecule has 1 atom stereocenters. The fourth-order valence-electron chi connectivity index (χ4n) is 2.93. The number of rotatable bonds is 4. The summed E-state index contributed by atoms with van der Waals surface area (Å²) in [6.45, 7) is 4.00. The molecule has 0 amide bonds. The van der Waals surface area contributed by atoms with Crippen molar-refractivity contribution in [3.05, 3.63) is 95.5 Å². The zero-order chi connectivity index (χ0) is 21.4. The van der Waals surface area contributed by atoms with E-state index in [1.165, 1.54) is 25.7 Å². The SMILES string of the molecule is C1CCOC1.C1CCOC1.[Li+].[Li+].c1ccc([C@H](/N=c2\cccc[n-]2)[N-]c2ccccn2)cc1. The molecule has 2 aliphatic rings. The van der Waals surface area contributed by atoms with Gasteiger partial charge >= 0.3 is 37.7 Å². The Morgan fingerprint density at radius 2 is 1.36 bits per heavy atom. The predicted octanol–water partition coefficient (Wildman–Crippen LogP) is -1.05. The zero-order valence-electron chi connectivity index (χ0n) is 19.8. The summed E-state index contributed by atoms with van der Waals surface area (Å²) in [7, 11) is 0. The van der Waals surface area contributed by atoms with E-state index in [1.807, 2.05) is 66.7 Å². The van der Waals surface area contributed by atoms with Gasteiger partial charge in [0.2, 0.25) is 0 Å².